The van der Waals surface area contributed by atoms with Crippen molar-refractivity contribution in [3.63, 3.8) is 0 Å². The molecule has 0 unspecified atom stereocenters. The van der Waals surface area contributed by atoms with Gasteiger partial charge in [0.25, 0.3) is 5.56 Å². The zero-order valence-electron chi connectivity index (χ0n) is 15.8. The predicted octanol–water partition coefficient (Wildman–Crippen LogP) is 5.45. The maximum atomic E-state index is 13.3. The van der Waals surface area contributed by atoms with Crippen LogP contribution in [0.3, 0.4) is 0 Å². The molecule has 3 heterocycles. The number of Topliss-reactive ketones (excluding diaryl/α,β-unsaturated/α-hetero) is 1. The van der Waals surface area contributed by atoms with Crippen molar-refractivity contribution in [2.75, 3.05) is 5.75 Å². The van der Waals surface area contributed by atoms with Gasteiger partial charge in [-0.2, -0.15) is 0 Å². The average molecular weight is 489 g/mol. The van der Waals surface area contributed by atoms with Crippen LogP contribution in [0.4, 0.5) is 0 Å². The molecule has 4 rings (SSSR count). The van der Waals surface area contributed by atoms with E-state index in [1.165, 1.54) is 23.1 Å². The Kier molecular flexibility index (Phi) is 5.76. The van der Waals surface area contributed by atoms with Gasteiger partial charge in [-0.05, 0) is 37.6 Å². The number of thioether (sulfide) groups is 1. The molecule has 0 aliphatic rings. The number of carbonyl (C=O) groups excluding carboxylic acids is 1. The minimum atomic E-state index is -0.107. The van der Waals surface area contributed by atoms with Crippen molar-refractivity contribution >= 4 is 55.0 Å². The van der Waals surface area contributed by atoms with E-state index >= 15 is 0 Å². The number of furan rings is 1. The van der Waals surface area contributed by atoms with Gasteiger partial charge in [-0.1, -0.05) is 45.9 Å². The van der Waals surface area contributed by atoms with Gasteiger partial charge in [0.15, 0.2) is 10.9 Å². The fourth-order valence-corrected chi connectivity index (χ4v) is 5.47. The van der Waals surface area contributed by atoms with E-state index in [-0.39, 0.29) is 23.6 Å². The number of aromatic nitrogens is 2. The first-order valence-electron chi connectivity index (χ1n) is 8.89. The average Bonchev–Trinajstić information content (AvgIpc) is 3.31. The molecule has 0 N–H and O–H groups in total. The van der Waals surface area contributed by atoms with Crippen LogP contribution in [-0.4, -0.2) is 21.1 Å². The second-order valence-electron chi connectivity index (χ2n) is 6.52. The third-order valence-corrected chi connectivity index (χ3v) is 7.42. The summed E-state index contributed by atoms with van der Waals surface area (Å²) in [4.78, 5) is 32.5. The number of rotatable bonds is 6. The molecule has 0 bridgehead atoms. The Morgan fingerprint density at radius 3 is 2.76 bits per heavy atom. The lowest BCUT2D eigenvalue weighted by Gasteiger charge is -2.11. The summed E-state index contributed by atoms with van der Waals surface area (Å²) in [6.07, 6.45) is 1.58. The van der Waals surface area contributed by atoms with Gasteiger partial charge in [0, 0.05) is 14.9 Å². The van der Waals surface area contributed by atoms with Crippen molar-refractivity contribution < 1.29 is 9.21 Å². The molecule has 0 fully saturated rings. The van der Waals surface area contributed by atoms with Gasteiger partial charge in [0.1, 0.15) is 10.6 Å². The summed E-state index contributed by atoms with van der Waals surface area (Å²) in [5.74, 6) is 0.818. The number of benzene rings is 1. The van der Waals surface area contributed by atoms with E-state index in [2.05, 4.69) is 15.9 Å². The van der Waals surface area contributed by atoms with E-state index in [0.29, 0.717) is 26.7 Å². The maximum Gasteiger partial charge on any atom is 0.263 e. The summed E-state index contributed by atoms with van der Waals surface area (Å²) in [5.41, 5.74) is 1.46. The Morgan fingerprint density at radius 1 is 1.24 bits per heavy atom. The van der Waals surface area contributed by atoms with Gasteiger partial charge in [0.2, 0.25) is 0 Å². The van der Waals surface area contributed by atoms with Crippen LogP contribution in [0.5, 0.6) is 0 Å². The first kappa shape index (κ1) is 20.1. The molecule has 0 radical (unpaired) electrons. The van der Waals surface area contributed by atoms with Gasteiger partial charge in [0.05, 0.1) is 23.9 Å². The van der Waals surface area contributed by atoms with Gasteiger partial charge in [-0.25, -0.2) is 4.98 Å². The minimum absolute atomic E-state index is 0.0279. The zero-order valence-corrected chi connectivity index (χ0v) is 19.0. The molecule has 0 aliphatic heterocycles. The highest BCUT2D eigenvalue weighted by Gasteiger charge is 2.19. The third kappa shape index (κ3) is 3.97. The van der Waals surface area contributed by atoms with Gasteiger partial charge < -0.3 is 4.42 Å². The highest BCUT2D eigenvalue weighted by molar-refractivity contribution is 9.10. The maximum absolute atomic E-state index is 13.3. The van der Waals surface area contributed by atoms with Crippen LogP contribution >= 0.6 is 39.0 Å². The van der Waals surface area contributed by atoms with Crippen LogP contribution in [0.2, 0.25) is 0 Å². The molecule has 4 aromatic rings. The normalized spacial score (nSPS) is 11.3. The van der Waals surface area contributed by atoms with Crippen LogP contribution in [-0.2, 0) is 6.54 Å². The van der Waals surface area contributed by atoms with Crippen molar-refractivity contribution in [3.8, 4) is 0 Å². The molecule has 0 saturated carbocycles. The molecular weight excluding hydrogens is 472 g/mol. The van der Waals surface area contributed by atoms with Crippen LogP contribution < -0.4 is 5.56 Å². The Bertz CT molecular complexity index is 1260. The summed E-state index contributed by atoms with van der Waals surface area (Å²) in [6.45, 7) is 4.20. The lowest BCUT2D eigenvalue weighted by atomic mass is 10.1. The largest absolute Gasteiger partial charge is 0.467 e. The molecule has 29 heavy (non-hydrogen) atoms. The predicted molar refractivity (Wildman–Crippen MR) is 120 cm³/mol. The summed E-state index contributed by atoms with van der Waals surface area (Å²) < 4.78 is 7.79. The molecule has 0 spiro atoms. The molecule has 0 aliphatic carbocycles. The molecular formula is C21H17BrN2O3S2. The molecule has 1 aromatic carbocycles. The first-order valence-corrected chi connectivity index (χ1v) is 11.5. The van der Waals surface area contributed by atoms with E-state index in [1.807, 2.05) is 38.1 Å². The van der Waals surface area contributed by atoms with Crippen molar-refractivity contribution in [2.45, 2.75) is 25.5 Å². The number of thiophene rings is 1. The van der Waals surface area contributed by atoms with Crippen molar-refractivity contribution in [3.05, 3.63) is 79.3 Å². The lowest BCUT2D eigenvalue weighted by Crippen LogP contribution is -2.24. The Morgan fingerprint density at radius 2 is 2.03 bits per heavy atom. The van der Waals surface area contributed by atoms with E-state index in [9.17, 15) is 9.59 Å². The monoisotopic (exact) mass is 488 g/mol. The van der Waals surface area contributed by atoms with Crippen LogP contribution in [0, 0.1) is 13.8 Å². The third-order valence-electron chi connectivity index (χ3n) is 4.65. The summed E-state index contributed by atoms with van der Waals surface area (Å²) in [5, 5.41) is 1.15. The highest BCUT2D eigenvalue weighted by Crippen LogP contribution is 2.29. The van der Waals surface area contributed by atoms with E-state index < -0.39 is 0 Å². The van der Waals surface area contributed by atoms with E-state index in [4.69, 9.17) is 9.40 Å². The van der Waals surface area contributed by atoms with E-state index in [1.54, 1.807) is 23.0 Å². The number of ketones is 1. The summed E-state index contributed by atoms with van der Waals surface area (Å²) in [6, 6.07) is 10.9. The number of hydrogen-bond donors (Lipinski definition) is 0. The number of aryl methyl sites for hydroxylation is 2. The molecule has 0 saturated heterocycles. The van der Waals surface area contributed by atoms with Crippen molar-refractivity contribution in [2.24, 2.45) is 0 Å². The Balaban J connectivity index is 1.73. The summed E-state index contributed by atoms with van der Waals surface area (Å²) >= 11 is 6.19. The standard InChI is InChI=1S/C21H17BrN2O3S2/c1-12-13(2)29-19-18(12)20(26)24(10-14-6-5-9-27-14)21(23-19)28-11-17(25)15-7-3-4-8-16(15)22/h3-9H,10-11H2,1-2H3. The second kappa shape index (κ2) is 8.30. The molecule has 8 heteroatoms. The van der Waals surface area contributed by atoms with Gasteiger partial charge >= 0.3 is 0 Å². The Labute approximate surface area is 183 Å². The summed E-state index contributed by atoms with van der Waals surface area (Å²) in [7, 11) is 0. The second-order valence-corrected chi connectivity index (χ2v) is 9.52. The Hall–Kier alpha value is -2.16. The smallest absolute Gasteiger partial charge is 0.263 e. The lowest BCUT2D eigenvalue weighted by molar-refractivity contribution is 0.102. The first-order chi connectivity index (χ1) is 14.0. The minimum Gasteiger partial charge on any atom is -0.467 e. The molecule has 0 atom stereocenters. The molecule has 5 nitrogen and oxygen atoms in total. The van der Waals surface area contributed by atoms with Crippen LogP contribution in [0.25, 0.3) is 10.2 Å². The molecule has 3 aromatic heterocycles. The van der Waals surface area contributed by atoms with Gasteiger partial charge in [-0.3, -0.25) is 14.2 Å². The SMILES string of the molecule is Cc1sc2nc(SCC(=O)c3ccccc3Br)n(Cc3ccco3)c(=O)c2c1C. The number of fused-ring (bicyclic) bond motifs is 1. The van der Waals surface area contributed by atoms with Crippen LogP contribution in [0.1, 0.15) is 26.6 Å². The fourth-order valence-electron chi connectivity index (χ4n) is 3.01. The number of nitrogens with zero attached hydrogens (tertiary/aromatic N) is 2. The van der Waals surface area contributed by atoms with E-state index in [0.717, 1.165) is 14.9 Å². The number of hydrogen-bond acceptors (Lipinski definition) is 6. The number of carbonyl (C=O) groups is 1. The molecule has 148 valence electrons. The van der Waals surface area contributed by atoms with Gasteiger partial charge in [-0.15, -0.1) is 11.3 Å². The number of halogens is 1. The van der Waals surface area contributed by atoms with Crippen LogP contribution in [0.15, 0.2) is 61.5 Å². The van der Waals surface area contributed by atoms with Crippen molar-refractivity contribution in [1.82, 2.24) is 9.55 Å². The fraction of sp³-hybridized carbons (Fsp3) is 0.190. The topological polar surface area (TPSA) is 65.1 Å². The zero-order chi connectivity index (χ0) is 20.5. The highest BCUT2D eigenvalue weighted by atomic mass is 79.9. The molecule has 0 amide bonds. The quantitative estimate of drug-likeness (QED) is 0.205. The van der Waals surface area contributed by atoms with Crippen molar-refractivity contribution in [1.29, 1.82) is 0 Å².